The Bertz CT molecular complexity index is 755. The topological polar surface area (TPSA) is 52.6 Å². The predicted molar refractivity (Wildman–Crippen MR) is 98.1 cm³/mol. The second kappa shape index (κ2) is 9.14. The van der Waals surface area contributed by atoms with Gasteiger partial charge in [0.15, 0.2) is 11.7 Å². The minimum Gasteiger partial charge on any atom is -0.354 e. The van der Waals surface area contributed by atoms with Crippen LogP contribution in [0.5, 0.6) is 0 Å². The highest BCUT2D eigenvalue weighted by Gasteiger charge is 2.33. The van der Waals surface area contributed by atoms with Crippen molar-refractivity contribution in [2.75, 3.05) is 27.7 Å². The molecule has 27 heavy (non-hydrogen) atoms. The van der Waals surface area contributed by atoms with Crippen molar-refractivity contribution in [1.29, 1.82) is 0 Å². The quantitative estimate of drug-likeness (QED) is 0.442. The van der Waals surface area contributed by atoms with Crippen molar-refractivity contribution in [1.82, 2.24) is 20.5 Å². The van der Waals surface area contributed by atoms with E-state index < -0.39 is 11.9 Å². The molecule has 0 aliphatic heterocycles. The molecular weight excluding hydrogens is 382 g/mol. The number of benzene rings is 1. The van der Waals surface area contributed by atoms with Gasteiger partial charge in [0.05, 0.1) is 12.6 Å². The molecule has 1 unspecified atom stereocenters. The number of halogens is 4. The molecule has 1 aromatic heterocycles. The molecule has 0 spiro atoms. The Kier molecular flexibility index (Phi) is 7.14. The molecular formula is C17H21F4N5S. The number of rotatable bonds is 6. The van der Waals surface area contributed by atoms with E-state index in [-0.39, 0.29) is 18.4 Å². The van der Waals surface area contributed by atoms with Crippen molar-refractivity contribution in [2.45, 2.75) is 18.8 Å². The van der Waals surface area contributed by atoms with Gasteiger partial charge in [0.2, 0.25) is 0 Å². The Morgan fingerprint density at radius 1 is 1.22 bits per heavy atom. The lowest BCUT2D eigenvalue weighted by Crippen LogP contribution is -2.41. The van der Waals surface area contributed by atoms with E-state index in [0.717, 1.165) is 22.3 Å². The molecule has 0 aliphatic carbocycles. The first-order valence-electron chi connectivity index (χ1n) is 8.08. The molecule has 2 aromatic rings. The highest BCUT2D eigenvalue weighted by atomic mass is 32.1. The highest BCUT2D eigenvalue weighted by molar-refractivity contribution is 7.09. The lowest BCUT2D eigenvalue weighted by Gasteiger charge is -2.26. The van der Waals surface area contributed by atoms with Gasteiger partial charge in [-0.2, -0.15) is 13.2 Å². The van der Waals surface area contributed by atoms with Crippen LogP contribution in [0.4, 0.5) is 17.6 Å². The average Bonchev–Trinajstić information content (AvgIpc) is 3.08. The zero-order valence-electron chi connectivity index (χ0n) is 15.1. The Hall–Kier alpha value is -2.20. The van der Waals surface area contributed by atoms with Crippen LogP contribution in [0.15, 0.2) is 34.6 Å². The van der Waals surface area contributed by atoms with E-state index in [9.17, 15) is 17.6 Å². The highest BCUT2D eigenvalue weighted by Crippen LogP contribution is 2.29. The summed E-state index contributed by atoms with van der Waals surface area (Å²) in [6.07, 6.45) is -4.44. The minimum atomic E-state index is -4.44. The first-order valence-corrected chi connectivity index (χ1v) is 8.96. The van der Waals surface area contributed by atoms with Crippen LogP contribution in [0.2, 0.25) is 0 Å². The fraction of sp³-hybridized carbons (Fsp3) is 0.412. The monoisotopic (exact) mass is 403 g/mol. The molecule has 0 bridgehead atoms. The molecule has 0 saturated carbocycles. The summed E-state index contributed by atoms with van der Waals surface area (Å²) in [5, 5.41) is 7.38. The number of nitrogens with zero attached hydrogens (tertiary/aromatic N) is 3. The molecule has 2 N–H and O–H groups in total. The van der Waals surface area contributed by atoms with Crippen LogP contribution in [-0.4, -0.2) is 43.5 Å². The maximum atomic E-state index is 13.1. The summed E-state index contributed by atoms with van der Waals surface area (Å²) in [5.74, 6) is 0.135. The van der Waals surface area contributed by atoms with Crippen molar-refractivity contribution in [3.63, 3.8) is 0 Å². The zero-order chi connectivity index (χ0) is 20.0. The molecule has 2 rings (SSSR count). The van der Waals surface area contributed by atoms with E-state index in [0.29, 0.717) is 17.5 Å². The Labute approximate surface area is 159 Å². The molecule has 0 amide bonds. The molecule has 0 radical (unpaired) electrons. The maximum Gasteiger partial charge on any atom is 0.434 e. The molecule has 5 nitrogen and oxygen atoms in total. The van der Waals surface area contributed by atoms with E-state index in [1.165, 1.54) is 12.1 Å². The summed E-state index contributed by atoms with van der Waals surface area (Å²) >= 11 is 0.936. The number of likely N-dealkylation sites (N-methyl/N-ethyl adjacent to an activating group) is 1. The fourth-order valence-electron chi connectivity index (χ4n) is 2.38. The van der Waals surface area contributed by atoms with E-state index in [1.807, 2.05) is 19.0 Å². The van der Waals surface area contributed by atoms with E-state index >= 15 is 0 Å². The lowest BCUT2D eigenvalue weighted by atomic mass is 10.1. The number of guanidine groups is 1. The maximum absolute atomic E-state index is 13.1. The summed E-state index contributed by atoms with van der Waals surface area (Å²) in [6, 6.07) is 6.19. The second-order valence-electron chi connectivity index (χ2n) is 5.96. The van der Waals surface area contributed by atoms with Gasteiger partial charge in [-0.3, -0.25) is 4.99 Å². The zero-order valence-corrected chi connectivity index (χ0v) is 16.0. The third-order valence-corrected chi connectivity index (χ3v) is 4.66. The SMILES string of the molecule is CN=C(NCc1nc(C(F)(F)F)cs1)NCC(c1ccc(F)cc1)N(C)C. The molecule has 0 fully saturated rings. The smallest absolute Gasteiger partial charge is 0.354 e. The fourth-order valence-corrected chi connectivity index (χ4v) is 3.12. The van der Waals surface area contributed by atoms with E-state index in [1.54, 1.807) is 19.2 Å². The van der Waals surface area contributed by atoms with Gasteiger partial charge in [0.1, 0.15) is 10.8 Å². The van der Waals surface area contributed by atoms with Gasteiger partial charge >= 0.3 is 6.18 Å². The van der Waals surface area contributed by atoms with Crippen molar-refractivity contribution in [3.8, 4) is 0 Å². The molecule has 148 valence electrons. The summed E-state index contributed by atoms with van der Waals surface area (Å²) in [5.41, 5.74) is 0.0373. The molecule has 0 aliphatic rings. The molecule has 1 atom stereocenters. The Morgan fingerprint density at radius 2 is 1.89 bits per heavy atom. The van der Waals surface area contributed by atoms with Gasteiger partial charge in [-0.25, -0.2) is 9.37 Å². The van der Waals surface area contributed by atoms with E-state index in [2.05, 4.69) is 20.6 Å². The summed E-state index contributed by atoms with van der Waals surface area (Å²) in [4.78, 5) is 9.62. The number of thiazole rings is 1. The third-order valence-electron chi connectivity index (χ3n) is 3.81. The van der Waals surface area contributed by atoms with Crippen LogP contribution in [0.25, 0.3) is 0 Å². The van der Waals surface area contributed by atoms with Crippen LogP contribution in [0.3, 0.4) is 0 Å². The molecule has 0 saturated heterocycles. The lowest BCUT2D eigenvalue weighted by molar-refractivity contribution is -0.140. The van der Waals surface area contributed by atoms with Crippen LogP contribution >= 0.6 is 11.3 Å². The van der Waals surface area contributed by atoms with Gasteiger partial charge in [0, 0.05) is 19.0 Å². The van der Waals surface area contributed by atoms with Gasteiger partial charge in [0.25, 0.3) is 0 Å². The van der Waals surface area contributed by atoms with Crippen LogP contribution in [0, 0.1) is 5.82 Å². The molecule has 1 heterocycles. The van der Waals surface area contributed by atoms with E-state index in [4.69, 9.17) is 0 Å². The van der Waals surface area contributed by atoms with Crippen molar-refractivity contribution >= 4 is 17.3 Å². The standard InChI is InChI=1S/C17H21F4N5S/c1-22-16(24-9-15-25-14(10-27-15)17(19,20)21)23-8-13(26(2)3)11-4-6-12(18)7-5-11/h4-7,10,13H,8-9H2,1-3H3,(H2,22,23,24). The Morgan fingerprint density at radius 3 is 2.41 bits per heavy atom. The van der Waals surface area contributed by atoms with Crippen molar-refractivity contribution < 1.29 is 17.6 Å². The number of hydrogen-bond acceptors (Lipinski definition) is 4. The van der Waals surface area contributed by atoms with Crippen molar-refractivity contribution in [3.05, 3.63) is 51.7 Å². The number of aliphatic imine (C=N–C) groups is 1. The largest absolute Gasteiger partial charge is 0.434 e. The molecule has 10 heteroatoms. The summed E-state index contributed by atoms with van der Waals surface area (Å²) in [7, 11) is 5.38. The van der Waals surface area contributed by atoms with Gasteiger partial charge in [-0.15, -0.1) is 11.3 Å². The third kappa shape index (κ3) is 6.17. The minimum absolute atomic E-state index is 0.0409. The second-order valence-corrected chi connectivity index (χ2v) is 6.90. The predicted octanol–water partition coefficient (Wildman–Crippen LogP) is 3.27. The first-order chi connectivity index (χ1) is 12.7. The number of alkyl halides is 3. The number of hydrogen-bond donors (Lipinski definition) is 2. The van der Waals surface area contributed by atoms with Crippen molar-refractivity contribution in [2.24, 2.45) is 4.99 Å². The van der Waals surface area contributed by atoms with Gasteiger partial charge in [-0.1, -0.05) is 12.1 Å². The Balaban J connectivity index is 1.93. The summed E-state index contributed by atoms with van der Waals surface area (Å²) in [6.45, 7) is 0.605. The normalized spacial score (nSPS) is 13.7. The van der Waals surface area contributed by atoms with Crippen LogP contribution in [0.1, 0.15) is 22.3 Å². The average molecular weight is 403 g/mol. The summed E-state index contributed by atoms with van der Waals surface area (Å²) < 4.78 is 50.9. The first kappa shape index (κ1) is 21.1. The van der Waals surface area contributed by atoms with Gasteiger partial charge in [-0.05, 0) is 31.8 Å². The number of nitrogens with one attached hydrogen (secondary N) is 2. The number of aromatic nitrogens is 1. The molecule has 1 aromatic carbocycles. The van der Waals surface area contributed by atoms with Crippen LogP contribution in [-0.2, 0) is 12.7 Å². The van der Waals surface area contributed by atoms with Gasteiger partial charge < -0.3 is 15.5 Å². The van der Waals surface area contributed by atoms with Crippen LogP contribution < -0.4 is 10.6 Å².